The lowest BCUT2D eigenvalue weighted by Crippen LogP contribution is -2.40. The van der Waals surface area contributed by atoms with Crippen LogP contribution in [0.5, 0.6) is 5.75 Å². The van der Waals surface area contributed by atoms with Gasteiger partial charge in [-0.15, -0.1) is 24.8 Å². The second-order valence-electron chi connectivity index (χ2n) is 7.31. The average Bonchev–Trinajstić information content (AvgIpc) is 3.34. The van der Waals surface area contributed by atoms with Crippen LogP contribution in [0.2, 0.25) is 0 Å². The molecule has 7 heteroatoms. The fourth-order valence-corrected chi connectivity index (χ4v) is 4.33. The summed E-state index contributed by atoms with van der Waals surface area (Å²) < 4.78 is 5.27. The molecule has 1 heterocycles. The number of hydrogen-bond acceptors (Lipinski definition) is 4. The SMILES string of the molecule is COc1ccc(C(CNC(=O)[C@@H]2CCC[C@@H]2CN)N2CCCC2)cc1.Cl.Cl. The van der Waals surface area contributed by atoms with E-state index in [9.17, 15) is 4.79 Å². The lowest BCUT2D eigenvalue weighted by Gasteiger charge is -2.29. The second kappa shape index (κ2) is 11.7. The van der Waals surface area contributed by atoms with Gasteiger partial charge in [-0.3, -0.25) is 9.69 Å². The molecule has 0 bridgehead atoms. The summed E-state index contributed by atoms with van der Waals surface area (Å²) >= 11 is 0. The molecule has 3 N–H and O–H groups in total. The van der Waals surface area contributed by atoms with Gasteiger partial charge in [-0.05, 0) is 68.9 Å². The fraction of sp³-hybridized carbons (Fsp3) is 0.650. The van der Waals surface area contributed by atoms with Gasteiger partial charge in [0.2, 0.25) is 5.91 Å². The predicted octanol–water partition coefficient (Wildman–Crippen LogP) is 3.17. The van der Waals surface area contributed by atoms with E-state index in [1.807, 2.05) is 12.1 Å². The van der Waals surface area contributed by atoms with E-state index in [0.717, 1.165) is 38.1 Å². The Morgan fingerprint density at radius 2 is 1.85 bits per heavy atom. The lowest BCUT2D eigenvalue weighted by atomic mass is 9.95. The van der Waals surface area contributed by atoms with Crippen molar-refractivity contribution in [2.75, 3.05) is 33.3 Å². The molecule has 3 rings (SSSR count). The summed E-state index contributed by atoms with van der Waals surface area (Å²) in [4.78, 5) is 15.1. The number of nitrogens with two attached hydrogens (primary N) is 1. The second-order valence-corrected chi connectivity index (χ2v) is 7.31. The molecule has 0 aromatic heterocycles. The molecule has 2 fully saturated rings. The van der Waals surface area contributed by atoms with Crippen molar-refractivity contribution in [2.45, 2.75) is 38.1 Å². The molecular weight excluding hydrogens is 385 g/mol. The zero-order valence-corrected chi connectivity index (χ0v) is 17.7. The number of nitrogens with zero attached hydrogens (tertiary/aromatic N) is 1. The standard InChI is InChI=1S/C20H31N3O2.2ClH/c1-25-17-9-7-15(8-10-17)19(23-11-2-3-12-23)14-22-20(24)18-6-4-5-16(18)13-21;;/h7-10,16,18-19H,2-6,11-14,21H2,1H3,(H,22,24);2*1H/t16-,18-,19?;;/m1../s1. The molecule has 2 aliphatic rings. The van der Waals surface area contributed by atoms with Crippen LogP contribution in [-0.2, 0) is 4.79 Å². The first-order chi connectivity index (χ1) is 12.2. The molecule has 1 amide bonds. The van der Waals surface area contributed by atoms with E-state index < -0.39 is 0 Å². The summed E-state index contributed by atoms with van der Waals surface area (Å²) in [6.07, 6.45) is 5.65. The zero-order valence-electron chi connectivity index (χ0n) is 16.1. The van der Waals surface area contributed by atoms with Crippen LogP contribution in [0.4, 0.5) is 0 Å². The number of halogens is 2. The van der Waals surface area contributed by atoms with Crippen molar-refractivity contribution in [1.29, 1.82) is 0 Å². The van der Waals surface area contributed by atoms with Crippen molar-refractivity contribution < 1.29 is 9.53 Å². The number of rotatable bonds is 7. The lowest BCUT2D eigenvalue weighted by molar-refractivity contribution is -0.126. The number of benzene rings is 1. The minimum atomic E-state index is 0. The summed E-state index contributed by atoms with van der Waals surface area (Å²) in [5.74, 6) is 1.50. The first-order valence-corrected chi connectivity index (χ1v) is 9.58. The molecule has 1 unspecified atom stereocenters. The molecule has 27 heavy (non-hydrogen) atoms. The minimum Gasteiger partial charge on any atom is -0.497 e. The smallest absolute Gasteiger partial charge is 0.223 e. The van der Waals surface area contributed by atoms with Gasteiger partial charge in [0.25, 0.3) is 0 Å². The Bertz CT molecular complexity index is 565. The number of amides is 1. The normalized spacial score (nSPS) is 23.2. The summed E-state index contributed by atoms with van der Waals surface area (Å²) in [7, 11) is 1.68. The van der Waals surface area contributed by atoms with Gasteiger partial charge in [0.15, 0.2) is 0 Å². The van der Waals surface area contributed by atoms with E-state index in [1.54, 1.807) is 7.11 Å². The summed E-state index contributed by atoms with van der Waals surface area (Å²) in [5, 5.41) is 3.23. The highest BCUT2D eigenvalue weighted by molar-refractivity contribution is 5.85. The monoisotopic (exact) mass is 417 g/mol. The van der Waals surface area contributed by atoms with Gasteiger partial charge in [0.1, 0.15) is 5.75 Å². The molecule has 1 aromatic carbocycles. The van der Waals surface area contributed by atoms with Crippen molar-refractivity contribution in [1.82, 2.24) is 10.2 Å². The predicted molar refractivity (Wildman–Crippen MR) is 114 cm³/mol. The van der Waals surface area contributed by atoms with Crippen molar-refractivity contribution in [2.24, 2.45) is 17.6 Å². The highest BCUT2D eigenvalue weighted by atomic mass is 35.5. The number of carbonyl (C=O) groups is 1. The van der Waals surface area contributed by atoms with Crippen molar-refractivity contribution >= 4 is 30.7 Å². The molecular formula is C20H33Cl2N3O2. The summed E-state index contributed by atoms with van der Waals surface area (Å²) in [6.45, 7) is 3.48. The van der Waals surface area contributed by atoms with E-state index in [-0.39, 0.29) is 42.7 Å². The van der Waals surface area contributed by atoms with E-state index in [0.29, 0.717) is 19.0 Å². The summed E-state index contributed by atoms with van der Waals surface area (Å²) in [5.41, 5.74) is 7.08. The van der Waals surface area contributed by atoms with Crippen molar-refractivity contribution in [3.05, 3.63) is 29.8 Å². The van der Waals surface area contributed by atoms with Crippen LogP contribution in [-0.4, -0.2) is 44.1 Å². The number of likely N-dealkylation sites (tertiary alicyclic amines) is 1. The van der Waals surface area contributed by atoms with Gasteiger partial charge >= 0.3 is 0 Å². The third-order valence-corrected chi connectivity index (χ3v) is 5.85. The van der Waals surface area contributed by atoms with E-state index in [1.165, 1.54) is 18.4 Å². The van der Waals surface area contributed by atoms with Gasteiger partial charge in [0, 0.05) is 12.5 Å². The maximum Gasteiger partial charge on any atom is 0.223 e. The molecule has 1 aliphatic heterocycles. The quantitative estimate of drug-likeness (QED) is 0.714. The Morgan fingerprint density at radius 1 is 1.19 bits per heavy atom. The molecule has 3 atom stereocenters. The molecule has 1 aromatic rings. The van der Waals surface area contributed by atoms with Gasteiger partial charge in [-0.2, -0.15) is 0 Å². The maximum absolute atomic E-state index is 12.7. The van der Waals surface area contributed by atoms with Crippen molar-refractivity contribution in [3.8, 4) is 5.75 Å². The molecule has 1 saturated heterocycles. The van der Waals surface area contributed by atoms with Crippen LogP contribution in [0.1, 0.15) is 43.7 Å². The molecule has 0 radical (unpaired) electrons. The van der Waals surface area contributed by atoms with E-state index in [2.05, 4.69) is 22.3 Å². The summed E-state index contributed by atoms with van der Waals surface area (Å²) in [6, 6.07) is 8.47. The van der Waals surface area contributed by atoms with Gasteiger partial charge in [-0.25, -0.2) is 0 Å². The Morgan fingerprint density at radius 3 is 2.44 bits per heavy atom. The van der Waals surface area contributed by atoms with E-state index >= 15 is 0 Å². The Hall–Kier alpha value is -1.01. The number of hydrogen-bond donors (Lipinski definition) is 2. The third-order valence-electron chi connectivity index (χ3n) is 5.85. The molecule has 5 nitrogen and oxygen atoms in total. The first kappa shape index (κ1) is 24.0. The minimum absolute atomic E-state index is 0. The number of nitrogens with one attached hydrogen (secondary N) is 1. The van der Waals surface area contributed by atoms with Gasteiger partial charge < -0.3 is 15.8 Å². The molecule has 1 saturated carbocycles. The maximum atomic E-state index is 12.7. The average molecular weight is 418 g/mol. The highest BCUT2D eigenvalue weighted by Crippen LogP contribution is 2.31. The Labute approximate surface area is 175 Å². The van der Waals surface area contributed by atoms with Crippen LogP contribution in [0.25, 0.3) is 0 Å². The number of ether oxygens (including phenoxy) is 1. The van der Waals surface area contributed by atoms with Crippen LogP contribution < -0.4 is 15.8 Å². The van der Waals surface area contributed by atoms with Crippen LogP contribution >= 0.6 is 24.8 Å². The van der Waals surface area contributed by atoms with Gasteiger partial charge in [-0.1, -0.05) is 18.6 Å². The van der Waals surface area contributed by atoms with Crippen LogP contribution in [0, 0.1) is 11.8 Å². The number of carbonyl (C=O) groups excluding carboxylic acids is 1. The molecule has 1 aliphatic carbocycles. The topological polar surface area (TPSA) is 67.6 Å². The van der Waals surface area contributed by atoms with Crippen molar-refractivity contribution in [3.63, 3.8) is 0 Å². The zero-order chi connectivity index (χ0) is 17.6. The fourth-order valence-electron chi connectivity index (χ4n) is 4.33. The first-order valence-electron chi connectivity index (χ1n) is 9.58. The molecule has 154 valence electrons. The van der Waals surface area contributed by atoms with Crippen LogP contribution in [0.3, 0.4) is 0 Å². The largest absolute Gasteiger partial charge is 0.497 e. The van der Waals surface area contributed by atoms with E-state index in [4.69, 9.17) is 10.5 Å². The highest BCUT2D eigenvalue weighted by Gasteiger charge is 2.32. The van der Waals surface area contributed by atoms with Crippen LogP contribution in [0.15, 0.2) is 24.3 Å². The molecule has 0 spiro atoms. The Balaban J connectivity index is 0.00000182. The third kappa shape index (κ3) is 5.98. The van der Waals surface area contributed by atoms with Gasteiger partial charge in [0.05, 0.1) is 13.2 Å². The Kier molecular flexibility index (Phi) is 10.5. The number of methoxy groups -OCH3 is 1.